The van der Waals surface area contributed by atoms with Crippen molar-refractivity contribution in [1.29, 1.82) is 0 Å². The van der Waals surface area contributed by atoms with E-state index in [0.717, 1.165) is 0 Å². The van der Waals surface area contributed by atoms with Crippen molar-refractivity contribution in [2.24, 2.45) is 0 Å². The molecule has 0 bridgehead atoms. The van der Waals surface area contributed by atoms with Gasteiger partial charge in [-0.3, -0.25) is 0 Å². The first-order valence-electron chi connectivity index (χ1n) is 6.15. The van der Waals surface area contributed by atoms with Gasteiger partial charge in [-0.05, 0) is 0 Å². The van der Waals surface area contributed by atoms with Crippen LogP contribution >= 0.6 is 7.14 Å². The van der Waals surface area contributed by atoms with Crippen LogP contribution in [0.2, 0.25) is 0 Å². The fourth-order valence-electron chi connectivity index (χ4n) is 2.02. The third-order valence-corrected chi connectivity index (χ3v) is 6.19. The highest BCUT2D eigenvalue weighted by molar-refractivity contribution is 7.78. The average molecular weight is 290 g/mol. The zero-order valence-electron chi connectivity index (χ0n) is 10.7. The Morgan fingerprint density at radius 1 is 0.950 bits per heavy atom. The van der Waals surface area contributed by atoms with Crippen LogP contribution in [-0.4, -0.2) is 28.4 Å². The molecule has 0 aliphatic carbocycles. The maximum Gasteiger partial charge on any atom is 0.333 e. The second-order valence-corrected chi connectivity index (χ2v) is 7.32. The van der Waals surface area contributed by atoms with Crippen molar-refractivity contribution in [3.8, 4) is 0 Å². The minimum Gasteiger partial charge on any atom is -0.479 e. The second-order valence-electron chi connectivity index (χ2n) is 4.45. The molecule has 4 nitrogen and oxygen atoms in total. The van der Waals surface area contributed by atoms with Gasteiger partial charge in [-0.15, -0.1) is 0 Å². The largest absolute Gasteiger partial charge is 0.479 e. The van der Waals surface area contributed by atoms with Crippen molar-refractivity contribution >= 4 is 23.7 Å². The molecule has 104 valence electrons. The molecule has 20 heavy (non-hydrogen) atoms. The molecule has 0 aliphatic rings. The highest BCUT2D eigenvalue weighted by Gasteiger charge is 2.32. The molecule has 2 rings (SSSR count). The molecule has 0 amide bonds. The predicted molar refractivity (Wildman–Crippen MR) is 78.3 cm³/mol. The summed E-state index contributed by atoms with van der Waals surface area (Å²) < 4.78 is 13.3. The van der Waals surface area contributed by atoms with Gasteiger partial charge in [0.05, 0.1) is 0 Å². The number of hydrogen-bond donors (Lipinski definition) is 2. The van der Waals surface area contributed by atoms with Crippen LogP contribution in [0.25, 0.3) is 0 Å². The fourth-order valence-corrected chi connectivity index (χ4v) is 4.69. The van der Waals surface area contributed by atoms with Gasteiger partial charge in [0.2, 0.25) is 0 Å². The van der Waals surface area contributed by atoms with Crippen LogP contribution in [0.3, 0.4) is 0 Å². The first-order valence-corrected chi connectivity index (χ1v) is 8.04. The Kier molecular flexibility index (Phi) is 4.38. The topological polar surface area (TPSA) is 74.6 Å². The molecule has 0 spiro atoms. The number of carboxylic acids is 1. The van der Waals surface area contributed by atoms with E-state index < -0.39 is 19.2 Å². The van der Waals surface area contributed by atoms with E-state index in [0.29, 0.717) is 10.6 Å². The summed E-state index contributed by atoms with van der Waals surface area (Å²) in [6, 6.07) is 17.4. The van der Waals surface area contributed by atoms with Crippen LogP contribution in [0.15, 0.2) is 60.7 Å². The van der Waals surface area contributed by atoms with Gasteiger partial charge < -0.3 is 14.8 Å². The summed E-state index contributed by atoms with van der Waals surface area (Å²) in [6.07, 6.45) is -1.96. The van der Waals surface area contributed by atoms with Crippen LogP contribution in [0, 0.1) is 0 Å². The van der Waals surface area contributed by atoms with E-state index in [1.165, 1.54) is 0 Å². The van der Waals surface area contributed by atoms with Crippen LogP contribution in [0.1, 0.15) is 0 Å². The lowest BCUT2D eigenvalue weighted by Crippen LogP contribution is -2.30. The Bertz CT molecular complexity index is 581. The van der Waals surface area contributed by atoms with E-state index in [4.69, 9.17) is 5.11 Å². The van der Waals surface area contributed by atoms with Crippen molar-refractivity contribution in [3.05, 3.63) is 60.7 Å². The Balaban J connectivity index is 2.50. The minimum absolute atomic E-state index is 0.309. The van der Waals surface area contributed by atoms with E-state index in [-0.39, 0.29) is 6.16 Å². The average Bonchev–Trinajstić information content (AvgIpc) is 2.48. The Hall–Kier alpha value is -1.90. The standard InChI is InChI=1S/C15H15O4P/c16-14(15(17)18)11-20(19,12-7-3-1-4-8-12)13-9-5-2-6-10-13/h1-10,14,16H,11H2,(H,17,18). The monoisotopic (exact) mass is 290 g/mol. The number of benzene rings is 2. The molecule has 0 aliphatic heterocycles. The Labute approximate surface area is 117 Å². The second kappa shape index (κ2) is 6.04. The molecule has 1 atom stereocenters. The third-order valence-electron chi connectivity index (χ3n) is 3.06. The summed E-state index contributed by atoms with van der Waals surface area (Å²) in [5.41, 5.74) is 0. The van der Waals surface area contributed by atoms with Crippen LogP contribution in [0.4, 0.5) is 0 Å². The normalized spacial score (nSPS) is 12.8. The zero-order chi connectivity index (χ0) is 14.6. The molecule has 0 radical (unpaired) electrons. The number of aliphatic carboxylic acids is 1. The first-order chi connectivity index (χ1) is 9.54. The van der Waals surface area contributed by atoms with Crippen LogP contribution in [0.5, 0.6) is 0 Å². The maximum absolute atomic E-state index is 13.3. The maximum atomic E-state index is 13.3. The van der Waals surface area contributed by atoms with Gasteiger partial charge in [0.25, 0.3) is 0 Å². The molecule has 0 aromatic heterocycles. The van der Waals surface area contributed by atoms with Gasteiger partial charge in [-0.1, -0.05) is 60.7 Å². The fraction of sp³-hybridized carbons (Fsp3) is 0.133. The highest BCUT2D eigenvalue weighted by atomic mass is 31.2. The van der Waals surface area contributed by atoms with E-state index >= 15 is 0 Å². The smallest absolute Gasteiger partial charge is 0.333 e. The lowest BCUT2D eigenvalue weighted by Gasteiger charge is -2.20. The number of aliphatic hydroxyl groups is 1. The van der Waals surface area contributed by atoms with Gasteiger partial charge in [0.1, 0.15) is 7.14 Å². The van der Waals surface area contributed by atoms with Crippen molar-refractivity contribution in [1.82, 2.24) is 0 Å². The molecule has 2 N–H and O–H groups in total. The number of carbonyl (C=O) groups is 1. The molecule has 2 aromatic rings. The predicted octanol–water partition coefficient (Wildman–Crippen LogP) is 1.45. The van der Waals surface area contributed by atoms with E-state index in [1.807, 2.05) is 0 Å². The lowest BCUT2D eigenvalue weighted by molar-refractivity contribution is -0.145. The minimum atomic E-state index is -3.16. The van der Waals surface area contributed by atoms with E-state index in [2.05, 4.69) is 0 Å². The van der Waals surface area contributed by atoms with Crippen LogP contribution < -0.4 is 10.6 Å². The molecular weight excluding hydrogens is 275 g/mol. The van der Waals surface area contributed by atoms with Crippen LogP contribution in [-0.2, 0) is 9.36 Å². The molecule has 2 aromatic carbocycles. The van der Waals surface area contributed by atoms with Gasteiger partial charge >= 0.3 is 5.97 Å². The first kappa shape index (κ1) is 14.5. The molecule has 0 saturated carbocycles. The number of aliphatic hydroxyl groups excluding tert-OH is 1. The summed E-state index contributed by atoms with van der Waals surface area (Å²) >= 11 is 0. The van der Waals surface area contributed by atoms with Gasteiger partial charge in [0, 0.05) is 16.8 Å². The molecular formula is C15H15O4P. The molecule has 5 heteroatoms. The molecule has 0 saturated heterocycles. The van der Waals surface area contributed by atoms with Crippen molar-refractivity contribution < 1.29 is 19.6 Å². The zero-order valence-corrected chi connectivity index (χ0v) is 11.6. The summed E-state index contributed by atoms with van der Waals surface area (Å²) in [5, 5.41) is 19.6. The Morgan fingerprint density at radius 3 is 1.70 bits per heavy atom. The molecule has 0 fully saturated rings. The number of rotatable bonds is 5. The van der Waals surface area contributed by atoms with Gasteiger partial charge in [0.15, 0.2) is 6.10 Å². The van der Waals surface area contributed by atoms with E-state index in [9.17, 15) is 14.5 Å². The lowest BCUT2D eigenvalue weighted by atomic mass is 10.4. The summed E-state index contributed by atoms with van der Waals surface area (Å²) in [4.78, 5) is 10.9. The Morgan fingerprint density at radius 2 is 1.35 bits per heavy atom. The van der Waals surface area contributed by atoms with Gasteiger partial charge in [-0.2, -0.15) is 0 Å². The SMILES string of the molecule is O=C(O)C(O)CP(=O)(c1ccccc1)c1ccccc1. The third kappa shape index (κ3) is 2.98. The summed E-state index contributed by atoms with van der Waals surface area (Å²) in [7, 11) is -3.16. The quantitative estimate of drug-likeness (QED) is 0.817. The summed E-state index contributed by atoms with van der Waals surface area (Å²) in [6.45, 7) is 0. The van der Waals surface area contributed by atoms with E-state index in [1.54, 1.807) is 60.7 Å². The number of hydrogen-bond acceptors (Lipinski definition) is 3. The van der Waals surface area contributed by atoms with Crippen molar-refractivity contribution in [2.45, 2.75) is 6.10 Å². The highest BCUT2D eigenvalue weighted by Crippen LogP contribution is 2.43. The molecule has 0 heterocycles. The summed E-state index contributed by atoms with van der Waals surface area (Å²) in [5.74, 6) is -1.36. The van der Waals surface area contributed by atoms with Gasteiger partial charge in [-0.25, -0.2) is 4.79 Å². The van der Waals surface area contributed by atoms with Crippen molar-refractivity contribution in [3.63, 3.8) is 0 Å². The number of carboxylic acid groups (broad SMARTS) is 1. The van der Waals surface area contributed by atoms with Crippen molar-refractivity contribution in [2.75, 3.05) is 6.16 Å². The molecule has 1 unspecified atom stereocenters.